The molecule has 0 aliphatic carbocycles. The second-order valence-electron chi connectivity index (χ2n) is 6.05. The van der Waals surface area contributed by atoms with Crippen molar-refractivity contribution < 1.29 is 28.5 Å². The van der Waals surface area contributed by atoms with Crippen molar-refractivity contribution in [1.29, 1.82) is 0 Å². The monoisotopic (exact) mass is 356 g/mol. The van der Waals surface area contributed by atoms with E-state index in [2.05, 4.69) is 14.6 Å². The molecule has 3 heterocycles. The maximum Gasteiger partial charge on any atom is 0.524 e. The van der Waals surface area contributed by atoms with Crippen LogP contribution >= 0.6 is 7.82 Å². The lowest BCUT2D eigenvalue weighted by Crippen LogP contribution is -2.51. The van der Waals surface area contributed by atoms with Crippen molar-refractivity contribution in [2.45, 2.75) is 25.9 Å². The summed E-state index contributed by atoms with van der Waals surface area (Å²) >= 11 is 0. The first-order chi connectivity index (χ1) is 11.4. The molecule has 3 fully saturated rings. The molecule has 3 aliphatic rings. The minimum Gasteiger partial charge on any atom is -0.474 e. The third kappa shape index (κ3) is 4.70. The molecule has 0 aromatic heterocycles. The van der Waals surface area contributed by atoms with Crippen LogP contribution in [0.5, 0.6) is 11.5 Å². The maximum absolute atomic E-state index is 10.7. The lowest BCUT2D eigenvalue weighted by Gasteiger charge is -2.44. The van der Waals surface area contributed by atoms with Gasteiger partial charge in [0.25, 0.3) is 0 Å². The highest BCUT2D eigenvalue weighted by Gasteiger charge is 2.35. The average Bonchev–Trinajstić information content (AvgIpc) is 2.54. The SMILES string of the molecule is CC(=NOc1ccc(OP(=O)(O)O)cc1)OC1CN2CCC1CC2. The van der Waals surface area contributed by atoms with Crippen molar-refractivity contribution in [3.8, 4) is 11.5 Å². The molecule has 3 saturated heterocycles. The molecule has 2 bridgehead atoms. The van der Waals surface area contributed by atoms with Gasteiger partial charge in [-0.1, -0.05) is 0 Å². The number of hydrogen-bond donors (Lipinski definition) is 2. The Balaban J connectivity index is 1.52. The van der Waals surface area contributed by atoms with Gasteiger partial charge in [-0.05, 0) is 61.3 Å². The number of phosphoric acid groups is 1. The largest absolute Gasteiger partial charge is 0.524 e. The molecule has 0 radical (unpaired) electrons. The number of hydrogen-bond acceptors (Lipinski definition) is 6. The molecule has 2 N–H and O–H groups in total. The van der Waals surface area contributed by atoms with Crippen LogP contribution in [0.4, 0.5) is 0 Å². The van der Waals surface area contributed by atoms with E-state index in [0.29, 0.717) is 17.6 Å². The summed E-state index contributed by atoms with van der Waals surface area (Å²) in [5.74, 6) is 1.53. The molecule has 9 heteroatoms. The highest BCUT2D eigenvalue weighted by atomic mass is 31.2. The molecule has 1 aromatic carbocycles. The fourth-order valence-corrected chi connectivity index (χ4v) is 3.50. The molecule has 3 aliphatic heterocycles. The van der Waals surface area contributed by atoms with Crippen molar-refractivity contribution in [3.63, 3.8) is 0 Å². The van der Waals surface area contributed by atoms with Gasteiger partial charge in [-0.3, -0.25) is 14.7 Å². The van der Waals surface area contributed by atoms with Crippen LogP contribution in [0.25, 0.3) is 0 Å². The summed E-state index contributed by atoms with van der Waals surface area (Å²) in [5.41, 5.74) is 0. The Kier molecular flexibility index (Phi) is 5.10. The van der Waals surface area contributed by atoms with E-state index < -0.39 is 7.82 Å². The molecule has 8 nitrogen and oxygen atoms in total. The first-order valence-corrected chi connectivity index (χ1v) is 9.38. The summed E-state index contributed by atoms with van der Waals surface area (Å²) in [7, 11) is -4.55. The molecule has 0 saturated carbocycles. The van der Waals surface area contributed by atoms with Crippen LogP contribution in [0.1, 0.15) is 19.8 Å². The van der Waals surface area contributed by atoms with Crippen molar-refractivity contribution in [3.05, 3.63) is 24.3 Å². The molecule has 1 atom stereocenters. The normalized spacial score (nSPS) is 27.0. The van der Waals surface area contributed by atoms with E-state index in [0.717, 1.165) is 19.6 Å². The summed E-state index contributed by atoms with van der Waals surface area (Å²) < 4.78 is 21.1. The number of rotatable bonds is 5. The Morgan fingerprint density at radius 1 is 1.21 bits per heavy atom. The summed E-state index contributed by atoms with van der Waals surface area (Å²) in [5, 5.41) is 3.96. The third-order valence-electron chi connectivity index (χ3n) is 4.25. The van der Waals surface area contributed by atoms with Crippen molar-refractivity contribution >= 4 is 13.7 Å². The zero-order valence-corrected chi connectivity index (χ0v) is 14.3. The van der Waals surface area contributed by atoms with Crippen LogP contribution in [0.3, 0.4) is 0 Å². The predicted octanol–water partition coefficient (Wildman–Crippen LogP) is 1.98. The summed E-state index contributed by atoms with van der Waals surface area (Å²) in [6.07, 6.45) is 2.50. The van der Waals surface area contributed by atoms with Gasteiger partial charge < -0.3 is 14.1 Å². The predicted molar refractivity (Wildman–Crippen MR) is 86.9 cm³/mol. The summed E-state index contributed by atoms with van der Waals surface area (Å²) in [4.78, 5) is 25.1. The quantitative estimate of drug-likeness (QED) is 0.360. The van der Waals surface area contributed by atoms with Crippen LogP contribution in [-0.2, 0) is 9.30 Å². The number of benzene rings is 1. The van der Waals surface area contributed by atoms with Gasteiger partial charge in [-0.15, -0.1) is 0 Å². The topological polar surface area (TPSA) is 101 Å². The van der Waals surface area contributed by atoms with Gasteiger partial charge >= 0.3 is 7.82 Å². The first-order valence-electron chi connectivity index (χ1n) is 7.85. The fraction of sp³-hybridized carbons (Fsp3) is 0.533. The Morgan fingerprint density at radius 2 is 1.83 bits per heavy atom. The highest BCUT2D eigenvalue weighted by molar-refractivity contribution is 7.46. The van der Waals surface area contributed by atoms with E-state index in [4.69, 9.17) is 19.4 Å². The van der Waals surface area contributed by atoms with E-state index >= 15 is 0 Å². The first kappa shape index (κ1) is 17.2. The molecule has 4 rings (SSSR count). The van der Waals surface area contributed by atoms with Gasteiger partial charge in [-0.25, -0.2) is 4.57 Å². The molecule has 24 heavy (non-hydrogen) atoms. The lowest BCUT2D eigenvalue weighted by molar-refractivity contribution is -0.0165. The van der Waals surface area contributed by atoms with E-state index in [1.807, 2.05) is 0 Å². The average molecular weight is 356 g/mol. The molecular weight excluding hydrogens is 335 g/mol. The van der Waals surface area contributed by atoms with E-state index in [-0.39, 0.29) is 11.9 Å². The van der Waals surface area contributed by atoms with Crippen molar-refractivity contribution in [2.24, 2.45) is 11.1 Å². The Morgan fingerprint density at radius 3 is 2.38 bits per heavy atom. The van der Waals surface area contributed by atoms with Crippen molar-refractivity contribution in [1.82, 2.24) is 4.90 Å². The minimum absolute atomic E-state index is 0.0555. The van der Waals surface area contributed by atoms with Crippen LogP contribution in [0.15, 0.2) is 29.4 Å². The second kappa shape index (κ2) is 7.11. The molecule has 0 spiro atoms. The van der Waals surface area contributed by atoms with Crippen LogP contribution < -0.4 is 9.36 Å². The third-order valence-corrected chi connectivity index (χ3v) is 4.69. The number of phosphoric ester groups is 1. The van der Waals surface area contributed by atoms with Gasteiger partial charge in [0.05, 0.1) is 0 Å². The van der Waals surface area contributed by atoms with Crippen molar-refractivity contribution in [2.75, 3.05) is 19.6 Å². The van der Waals surface area contributed by atoms with E-state index in [1.54, 1.807) is 6.92 Å². The summed E-state index contributed by atoms with van der Waals surface area (Å²) in [6, 6.07) is 5.81. The number of piperidine rings is 3. The number of ether oxygens (including phenoxy) is 1. The molecule has 132 valence electrons. The Hall–Kier alpha value is -1.60. The smallest absolute Gasteiger partial charge is 0.474 e. The fourth-order valence-electron chi connectivity index (χ4n) is 3.10. The van der Waals surface area contributed by atoms with E-state index in [1.165, 1.54) is 37.1 Å². The Bertz CT molecular complexity index is 636. The van der Waals surface area contributed by atoms with Gasteiger partial charge in [-0.2, -0.15) is 0 Å². The van der Waals surface area contributed by atoms with Gasteiger partial charge in [0.1, 0.15) is 11.9 Å². The zero-order valence-electron chi connectivity index (χ0n) is 13.4. The van der Waals surface area contributed by atoms with Gasteiger partial charge in [0.15, 0.2) is 5.75 Å². The second-order valence-corrected chi connectivity index (χ2v) is 7.21. The standard InChI is InChI=1S/C15H21N2O6P/c1-11(21-15-10-17-8-6-12(15)7-9-17)16-22-13-2-4-14(5-3-13)23-24(18,19)20/h2-5,12,15H,6-10H2,1H3,(H2,18,19,20). The molecule has 0 amide bonds. The molecule has 1 unspecified atom stereocenters. The van der Waals surface area contributed by atoms with Gasteiger partial charge in [0, 0.05) is 13.5 Å². The maximum atomic E-state index is 10.7. The number of fused-ring (bicyclic) bond motifs is 3. The Labute approximate surface area is 140 Å². The summed E-state index contributed by atoms with van der Waals surface area (Å²) in [6.45, 7) is 5.00. The number of oxime groups is 1. The van der Waals surface area contributed by atoms with Crippen LogP contribution in [-0.4, -0.2) is 46.3 Å². The highest BCUT2D eigenvalue weighted by Crippen LogP contribution is 2.37. The zero-order chi connectivity index (χ0) is 17.2. The molecule has 1 aromatic rings. The number of nitrogens with zero attached hydrogens (tertiary/aromatic N) is 2. The minimum atomic E-state index is -4.55. The van der Waals surface area contributed by atoms with Crippen LogP contribution in [0, 0.1) is 5.92 Å². The molecular formula is C15H21N2O6P. The van der Waals surface area contributed by atoms with Crippen LogP contribution in [0.2, 0.25) is 0 Å². The van der Waals surface area contributed by atoms with E-state index in [9.17, 15) is 4.57 Å². The van der Waals surface area contributed by atoms with Gasteiger partial charge in [0.2, 0.25) is 5.90 Å². The lowest BCUT2D eigenvalue weighted by atomic mass is 9.86.